The van der Waals surface area contributed by atoms with Crippen LogP contribution >= 0.6 is 0 Å². The summed E-state index contributed by atoms with van der Waals surface area (Å²) in [6.45, 7) is 4.17. The second-order valence-corrected chi connectivity index (χ2v) is 8.36. The van der Waals surface area contributed by atoms with Gasteiger partial charge >= 0.3 is 24.3 Å². The Labute approximate surface area is 214 Å². The minimum Gasteiger partial charge on any atom is -0.475 e. The third-order valence-electron chi connectivity index (χ3n) is 5.51. The zero-order chi connectivity index (χ0) is 29.1. The molecule has 0 radical (unpaired) electrons. The number of nitrogens with zero attached hydrogens (tertiary/aromatic N) is 3. The van der Waals surface area contributed by atoms with Crippen LogP contribution in [0.1, 0.15) is 18.5 Å². The fourth-order valence-electron chi connectivity index (χ4n) is 3.64. The monoisotopic (exact) mass is 561 g/mol. The number of pyridine rings is 1. The number of carboxylic acid groups (broad SMARTS) is 2. The maximum absolute atomic E-state index is 12.7. The minimum absolute atomic E-state index is 0.0681. The van der Waals surface area contributed by atoms with E-state index in [1.54, 1.807) is 18.2 Å². The quantitative estimate of drug-likeness (QED) is 0.503. The van der Waals surface area contributed by atoms with Gasteiger partial charge in [-0.1, -0.05) is 6.07 Å². The van der Waals surface area contributed by atoms with Crippen molar-refractivity contribution in [1.82, 2.24) is 14.8 Å². The lowest BCUT2D eigenvalue weighted by Crippen LogP contribution is -2.43. The molecule has 0 aliphatic carbocycles. The minimum atomic E-state index is -5.08. The molecule has 2 aliphatic heterocycles. The maximum Gasteiger partial charge on any atom is 0.490 e. The molecular formula is C22H29F6N3O7. The molecule has 0 bridgehead atoms. The van der Waals surface area contributed by atoms with E-state index in [9.17, 15) is 31.1 Å². The first kappa shape index (κ1) is 33.0. The van der Waals surface area contributed by atoms with Crippen LogP contribution in [0.15, 0.2) is 24.4 Å². The van der Waals surface area contributed by atoms with Gasteiger partial charge in [0.15, 0.2) is 0 Å². The van der Waals surface area contributed by atoms with Gasteiger partial charge in [-0.15, -0.1) is 0 Å². The van der Waals surface area contributed by atoms with Crippen LogP contribution in [0.2, 0.25) is 0 Å². The number of carbonyl (C=O) groups is 3. The van der Waals surface area contributed by atoms with Gasteiger partial charge in [0.25, 0.3) is 5.91 Å². The molecule has 2 saturated heterocycles. The largest absolute Gasteiger partial charge is 0.490 e. The Hall–Kier alpha value is -2.98. The molecule has 3 heterocycles. The summed E-state index contributed by atoms with van der Waals surface area (Å²) in [6, 6.07) is 5.76. The molecule has 3 atom stereocenters. The molecule has 10 nitrogen and oxygen atoms in total. The average Bonchev–Trinajstić information content (AvgIpc) is 3.26. The van der Waals surface area contributed by atoms with Crippen molar-refractivity contribution in [3.8, 4) is 0 Å². The zero-order valence-corrected chi connectivity index (χ0v) is 20.5. The van der Waals surface area contributed by atoms with Gasteiger partial charge in [-0.25, -0.2) is 9.59 Å². The third kappa shape index (κ3) is 11.6. The fraction of sp³-hybridized carbons (Fsp3) is 0.636. The van der Waals surface area contributed by atoms with E-state index < -0.39 is 24.3 Å². The Balaban J connectivity index is 0.000000426. The number of methoxy groups -OCH3 is 1. The summed E-state index contributed by atoms with van der Waals surface area (Å²) in [5, 5.41) is 14.2. The number of amides is 1. The Morgan fingerprint density at radius 3 is 2.18 bits per heavy atom. The number of alkyl halides is 6. The van der Waals surface area contributed by atoms with Crippen LogP contribution in [0.4, 0.5) is 26.3 Å². The molecule has 1 aromatic rings. The molecule has 1 aromatic heterocycles. The Morgan fingerprint density at radius 2 is 1.71 bits per heavy atom. The molecule has 38 heavy (non-hydrogen) atoms. The number of likely N-dealkylation sites (N-methyl/N-ethyl adjacent to an activating group) is 1. The summed E-state index contributed by atoms with van der Waals surface area (Å²) in [7, 11) is 3.55. The topological polar surface area (TPSA) is 130 Å². The van der Waals surface area contributed by atoms with Crippen LogP contribution in [0.25, 0.3) is 0 Å². The lowest BCUT2D eigenvalue weighted by molar-refractivity contribution is -0.193. The van der Waals surface area contributed by atoms with Gasteiger partial charge in [-0.05, 0) is 37.4 Å². The first-order valence-corrected chi connectivity index (χ1v) is 11.2. The number of piperidine rings is 1. The second-order valence-electron chi connectivity index (χ2n) is 8.36. The van der Waals surface area contributed by atoms with E-state index in [-0.39, 0.29) is 18.1 Å². The normalized spacial score (nSPS) is 21.2. The van der Waals surface area contributed by atoms with Crippen LogP contribution < -0.4 is 0 Å². The Kier molecular flexibility index (Phi) is 12.9. The molecule has 1 amide bonds. The van der Waals surface area contributed by atoms with Gasteiger partial charge in [0.05, 0.1) is 24.9 Å². The summed E-state index contributed by atoms with van der Waals surface area (Å²) in [5.41, 5.74) is 0.898. The smallest absolute Gasteiger partial charge is 0.475 e. The maximum atomic E-state index is 12.7. The first-order valence-electron chi connectivity index (χ1n) is 11.2. The number of rotatable bonds is 6. The van der Waals surface area contributed by atoms with E-state index in [4.69, 9.17) is 29.3 Å². The van der Waals surface area contributed by atoms with Crippen LogP contribution in [0.5, 0.6) is 0 Å². The van der Waals surface area contributed by atoms with E-state index in [1.807, 2.05) is 25.2 Å². The van der Waals surface area contributed by atoms with Crippen LogP contribution in [-0.4, -0.2) is 108 Å². The van der Waals surface area contributed by atoms with Gasteiger partial charge in [-0.3, -0.25) is 14.7 Å². The number of aromatic nitrogens is 1. The lowest BCUT2D eigenvalue weighted by atomic mass is 9.91. The molecule has 0 unspecified atom stereocenters. The predicted molar refractivity (Wildman–Crippen MR) is 118 cm³/mol. The second kappa shape index (κ2) is 14.8. The molecule has 2 aliphatic rings. The molecule has 0 spiro atoms. The Bertz CT molecular complexity index is 878. The van der Waals surface area contributed by atoms with Crippen molar-refractivity contribution in [1.29, 1.82) is 0 Å². The summed E-state index contributed by atoms with van der Waals surface area (Å²) in [5.74, 6) is -4.94. The van der Waals surface area contributed by atoms with Crippen molar-refractivity contribution < 1.29 is 60.4 Å². The van der Waals surface area contributed by atoms with E-state index in [2.05, 4.69) is 9.88 Å². The fourth-order valence-corrected chi connectivity index (χ4v) is 3.64. The molecule has 2 fully saturated rings. The van der Waals surface area contributed by atoms with E-state index >= 15 is 0 Å². The third-order valence-corrected chi connectivity index (χ3v) is 5.51. The molecule has 216 valence electrons. The van der Waals surface area contributed by atoms with Crippen molar-refractivity contribution in [2.24, 2.45) is 5.92 Å². The summed E-state index contributed by atoms with van der Waals surface area (Å²) < 4.78 is 74.7. The highest BCUT2D eigenvalue weighted by molar-refractivity contribution is 5.81. The highest BCUT2D eigenvalue weighted by Crippen LogP contribution is 2.34. The number of hydrogen-bond donors (Lipinski definition) is 2. The van der Waals surface area contributed by atoms with Crippen molar-refractivity contribution in [3.63, 3.8) is 0 Å². The van der Waals surface area contributed by atoms with Crippen LogP contribution in [0, 0.1) is 5.92 Å². The number of carboxylic acids is 2. The van der Waals surface area contributed by atoms with Gasteiger partial charge in [-0.2, -0.15) is 26.3 Å². The van der Waals surface area contributed by atoms with Crippen LogP contribution in [0.3, 0.4) is 0 Å². The van der Waals surface area contributed by atoms with Crippen molar-refractivity contribution in [2.45, 2.75) is 43.9 Å². The average molecular weight is 561 g/mol. The number of halogens is 6. The molecule has 3 rings (SSSR count). The van der Waals surface area contributed by atoms with E-state index in [0.717, 1.165) is 44.8 Å². The molecule has 16 heteroatoms. The summed E-state index contributed by atoms with van der Waals surface area (Å²) in [6.07, 6.45) is -6.61. The van der Waals surface area contributed by atoms with Gasteiger partial charge in [0, 0.05) is 33.4 Å². The van der Waals surface area contributed by atoms with Gasteiger partial charge < -0.3 is 24.6 Å². The number of hydrogen-bond acceptors (Lipinski definition) is 7. The summed E-state index contributed by atoms with van der Waals surface area (Å²) in [4.78, 5) is 38.9. The number of carbonyl (C=O) groups excluding carboxylic acids is 1. The SMILES string of the molecule is COCCN1CC[C@H]2C[C@H](C(=O)N(C)Cc3ccccn3)O[C@@H]2C1.O=C(O)C(F)(F)F.O=C(O)C(F)(F)F. The lowest BCUT2D eigenvalue weighted by Gasteiger charge is -2.33. The number of aliphatic carboxylic acids is 2. The Morgan fingerprint density at radius 1 is 1.13 bits per heavy atom. The van der Waals surface area contributed by atoms with Crippen molar-refractivity contribution in [2.75, 3.05) is 40.4 Å². The molecule has 0 aromatic carbocycles. The van der Waals surface area contributed by atoms with E-state index in [1.165, 1.54) is 0 Å². The number of ether oxygens (including phenoxy) is 2. The zero-order valence-electron chi connectivity index (χ0n) is 20.5. The van der Waals surface area contributed by atoms with Crippen molar-refractivity contribution in [3.05, 3.63) is 30.1 Å². The van der Waals surface area contributed by atoms with Gasteiger partial charge in [0.2, 0.25) is 0 Å². The standard InChI is InChI=1S/C18H27N3O3.2C2HF3O2/c1-20(12-15-5-3-4-7-19-15)18(22)16-11-14-6-8-21(9-10-23-2)13-17(14)24-16;2*3-2(4,5)1(6)7/h3-5,7,14,16-17H,6,8-13H2,1-2H3;2*(H,6,7)/t14-,16+,17+;;/m0../s1. The highest BCUT2D eigenvalue weighted by atomic mass is 19.4. The van der Waals surface area contributed by atoms with E-state index in [0.29, 0.717) is 12.5 Å². The first-order chi connectivity index (χ1) is 17.6. The summed E-state index contributed by atoms with van der Waals surface area (Å²) >= 11 is 0. The molecular weight excluding hydrogens is 532 g/mol. The van der Waals surface area contributed by atoms with Crippen LogP contribution in [-0.2, 0) is 30.4 Å². The number of likely N-dealkylation sites (tertiary alicyclic amines) is 1. The van der Waals surface area contributed by atoms with Gasteiger partial charge in [0.1, 0.15) is 6.10 Å². The molecule has 0 saturated carbocycles. The number of fused-ring (bicyclic) bond motifs is 1. The molecule has 2 N–H and O–H groups in total. The predicted octanol–water partition coefficient (Wildman–Crippen LogP) is 2.43. The highest BCUT2D eigenvalue weighted by Gasteiger charge is 2.42. The van der Waals surface area contributed by atoms with Crippen molar-refractivity contribution >= 4 is 17.8 Å².